The summed E-state index contributed by atoms with van der Waals surface area (Å²) in [5.41, 5.74) is 2.91. The third kappa shape index (κ3) is 9.94. The molecule has 2 aromatic rings. The van der Waals surface area contributed by atoms with Gasteiger partial charge in [-0.2, -0.15) is 0 Å². The number of benzene rings is 2. The standard InChI is InChI=1S/C22H28I2O/c23-21-13-9-19(10-14-21)7-3-1-5-17-25-18-6-2-4-8-20-11-15-22(24)16-12-20/h9-16H,1-8,17-18H2. The van der Waals surface area contributed by atoms with E-state index in [9.17, 15) is 0 Å². The molecule has 3 heteroatoms. The first-order chi connectivity index (χ1) is 12.2. The second kappa shape index (κ2) is 13.1. The molecule has 0 saturated heterocycles. The van der Waals surface area contributed by atoms with Gasteiger partial charge in [0.2, 0.25) is 0 Å². The summed E-state index contributed by atoms with van der Waals surface area (Å²) in [6, 6.07) is 17.7. The maximum absolute atomic E-state index is 5.77. The highest BCUT2D eigenvalue weighted by molar-refractivity contribution is 14.1. The van der Waals surface area contributed by atoms with E-state index in [2.05, 4.69) is 93.7 Å². The molecule has 0 aromatic heterocycles. The Labute approximate surface area is 180 Å². The molecule has 0 spiro atoms. The number of halogens is 2. The molecule has 0 heterocycles. The summed E-state index contributed by atoms with van der Waals surface area (Å²) in [5, 5.41) is 0. The molecule has 0 saturated carbocycles. The maximum Gasteiger partial charge on any atom is 0.0466 e. The van der Waals surface area contributed by atoms with Gasteiger partial charge < -0.3 is 4.74 Å². The van der Waals surface area contributed by atoms with E-state index in [4.69, 9.17) is 4.74 Å². The highest BCUT2D eigenvalue weighted by Crippen LogP contribution is 2.11. The van der Waals surface area contributed by atoms with Crippen LogP contribution in [0.15, 0.2) is 48.5 Å². The zero-order chi connectivity index (χ0) is 17.7. The van der Waals surface area contributed by atoms with E-state index in [-0.39, 0.29) is 0 Å². The molecule has 0 aliphatic heterocycles. The van der Waals surface area contributed by atoms with Crippen LogP contribution in [0.25, 0.3) is 0 Å². The molecule has 25 heavy (non-hydrogen) atoms. The molecule has 0 fully saturated rings. The molecule has 0 atom stereocenters. The van der Waals surface area contributed by atoms with Crippen molar-refractivity contribution in [3.8, 4) is 0 Å². The summed E-state index contributed by atoms with van der Waals surface area (Å²) < 4.78 is 8.39. The fourth-order valence-electron chi connectivity index (χ4n) is 2.82. The average Bonchev–Trinajstić information content (AvgIpc) is 2.63. The normalized spacial score (nSPS) is 11.0. The minimum absolute atomic E-state index is 0.920. The van der Waals surface area contributed by atoms with Crippen molar-refractivity contribution < 1.29 is 4.74 Å². The summed E-state index contributed by atoms with van der Waals surface area (Å²) in [6.07, 6.45) is 9.81. The van der Waals surface area contributed by atoms with Crippen LogP contribution in [0.1, 0.15) is 49.7 Å². The first kappa shape index (κ1) is 21.2. The number of aryl methyl sites for hydroxylation is 2. The molecule has 1 nitrogen and oxygen atoms in total. The predicted molar refractivity (Wildman–Crippen MR) is 124 cm³/mol. The minimum atomic E-state index is 0.920. The van der Waals surface area contributed by atoms with E-state index >= 15 is 0 Å². The average molecular weight is 562 g/mol. The number of rotatable bonds is 12. The van der Waals surface area contributed by atoms with E-state index in [0.717, 1.165) is 13.2 Å². The molecule has 0 amide bonds. The van der Waals surface area contributed by atoms with Gasteiger partial charge in [-0.1, -0.05) is 37.1 Å². The third-order valence-electron chi connectivity index (χ3n) is 4.33. The van der Waals surface area contributed by atoms with Crippen molar-refractivity contribution in [2.24, 2.45) is 0 Å². The lowest BCUT2D eigenvalue weighted by atomic mass is 10.1. The van der Waals surface area contributed by atoms with Crippen LogP contribution in [0.3, 0.4) is 0 Å². The van der Waals surface area contributed by atoms with E-state index in [1.54, 1.807) is 0 Å². The van der Waals surface area contributed by atoms with Gasteiger partial charge in [-0.05, 0) is 119 Å². The first-order valence-electron chi connectivity index (χ1n) is 9.31. The van der Waals surface area contributed by atoms with Gasteiger partial charge in [-0.15, -0.1) is 0 Å². The van der Waals surface area contributed by atoms with Gasteiger partial charge in [0.25, 0.3) is 0 Å². The molecule has 2 aromatic carbocycles. The topological polar surface area (TPSA) is 9.23 Å². The van der Waals surface area contributed by atoms with Crippen LogP contribution in [0.5, 0.6) is 0 Å². The Morgan fingerprint density at radius 1 is 0.520 bits per heavy atom. The molecule has 2 rings (SSSR count). The highest BCUT2D eigenvalue weighted by atomic mass is 127. The van der Waals surface area contributed by atoms with Gasteiger partial charge in [0.05, 0.1) is 0 Å². The molecule has 0 unspecified atom stereocenters. The molecule has 0 aliphatic rings. The number of ether oxygens (including phenoxy) is 1. The number of hydrogen-bond donors (Lipinski definition) is 0. The Morgan fingerprint density at radius 2 is 0.920 bits per heavy atom. The summed E-state index contributed by atoms with van der Waals surface area (Å²) in [7, 11) is 0. The first-order valence-corrected chi connectivity index (χ1v) is 11.5. The van der Waals surface area contributed by atoms with Gasteiger partial charge in [-0.3, -0.25) is 0 Å². The SMILES string of the molecule is Ic1ccc(CCCCCOCCCCCc2ccc(I)cc2)cc1. The van der Waals surface area contributed by atoms with Gasteiger partial charge in [0, 0.05) is 20.4 Å². The molecule has 136 valence electrons. The van der Waals surface area contributed by atoms with Crippen LogP contribution >= 0.6 is 45.2 Å². The zero-order valence-corrected chi connectivity index (χ0v) is 19.2. The van der Waals surface area contributed by atoms with Crippen molar-refractivity contribution in [2.45, 2.75) is 51.4 Å². The van der Waals surface area contributed by atoms with Gasteiger partial charge in [-0.25, -0.2) is 0 Å². The summed E-state index contributed by atoms with van der Waals surface area (Å²) >= 11 is 4.71. The summed E-state index contributed by atoms with van der Waals surface area (Å²) in [4.78, 5) is 0. The number of hydrogen-bond acceptors (Lipinski definition) is 1. The molecule has 0 bridgehead atoms. The molecular weight excluding hydrogens is 534 g/mol. The molecule has 0 aliphatic carbocycles. The van der Waals surface area contributed by atoms with Crippen LogP contribution in [0.4, 0.5) is 0 Å². The molecule has 0 N–H and O–H groups in total. The van der Waals surface area contributed by atoms with Crippen molar-refractivity contribution in [3.05, 3.63) is 66.8 Å². The quantitative estimate of drug-likeness (QED) is 0.199. The van der Waals surface area contributed by atoms with Gasteiger partial charge in [0.15, 0.2) is 0 Å². The fourth-order valence-corrected chi connectivity index (χ4v) is 3.54. The van der Waals surface area contributed by atoms with E-state index in [1.807, 2.05) is 0 Å². The van der Waals surface area contributed by atoms with Crippen molar-refractivity contribution >= 4 is 45.2 Å². The smallest absolute Gasteiger partial charge is 0.0466 e. The number of unbranched alkanes of at least 4 members (excludes halogenated alkanes) is 4. The van der Waals surface area contributed by atoms with Crippen LogP contribution < -0.4 is 0 Å². The van der Waals surface area contributed by atoms with E-state index < -0.39 is 0 Å². The largest absolute Gasteiger partial charge is 0.381 e. The van der Waals surface area contributed by atoms with Crippen LogP contribution in [-0.2, 0) is 17.6 Å². The lowest BCUT2D eigenvalue weighted by Gasteiger charge is -2.05. The lowest BCUT2D eigenvalue weighted by molar-refractivity contribution is 0.126. The monoisotopic (exact) mass is 562 g/mol. The zero-order valence-electron chi connectivity index (χ0n) is 14.9. The second-order valence-electron chi connectivity index (χ2n) is 6.49. The van der Waals surface area contributed by atoms with Crippen LogP contribution in [-0.4, -0.2) is 13.2 Å². The van der Waals surface area contributed by atoms with Crippen molar-refractivity contribution in [3.63, 3.8) is 0 Å². The molecule has 0 radical (unpaired) electrons. The van der Waals surface area contributed by atoms with Gasteiger partial charge >= 0.3 is 0 Å². The predicted octanol–water partition coefficient (Wildman–Crippen LogP) is 7.04. The Kier molecular flexibility index (Phi) is 11.1. The maximum atomic E-state index is 5.77. The van der Waals surface area contributed by atoms with Gasteiger partial charge in [0.1, 0.15) is 0 Å². The molecular formula is C22H28I2O. The van der Waals surface area contributed by atoms with Crippen molar-refractivity contribution in [1.29, 1.82) is 0 Å². The summed E-state index contributed by atoms with van der Waals surface area (Å²) in [5.74, 6) is 0. The third-order valence-corrected chi connectivity index (χ3v) is 5.77. The van der Waals surface area contributed by atoms with Crippen molar-refractivity contribution in [1.82, 2.24) is 0 Å². The Balaban J connectivity index is 1.37. The second-order valence-corrected chi connectivity index (χ2v) is 8.98. The Hall–Kier alpha value is -0.140. The summed E-state index contributed by atoms with van der Waals surface area (Å²) in [6.45, 7) is 1.84. The minimum Gasteiger partial charge on any atom is -0.381 e. The lowest BCUT2D eigenvalue weighted by Crippen LogP contribution is -1.98. The fraction of sp³-hybridized carbons (Fsp3) is 0.455. The Bertz CT molecular complexity index is 524. The Morgan fingerprint density at radius 3 is 1.32 bits per heavy atom. The highest BCUT2D eigenvalue weighted by Gasteiger charge is 1.96. The van der Waals surface area contributed by atoms with Crippen LogP contribution in [0.2, 0.25) is 0 Å². The van der Waals surface area contributed by atoms with Crippen molar-refractivity contribution in [2.75, 3.05) is 13.2 Å². The van der Waals surface area contributed by atoms with E-state index in [0.29, 0.717) is 0 Å². The van der Waals surface area contributed by atoms with Crippen LogP contribution in [0, 0.1) is 7.14 Å². The van der Waals surface area contributed by atoms with E-state index in [1.165, 1.54) is 69.6 Å².